The summed E-state index contributed by atoms with van der Waals surface area (Å²) in [7, 11) is 0. The molecule has 1 fully saturated rings. The van der Waals surface area contributed by atoms with Gasteiger partial charge in [-0.1, -0.05) is 24.3 Å². The SMILES string of the molecule is Cc1ccccc1C(C(N)=O)N1CCNCC1. The number of primary amides is 1. The number of carbonyl (C=O) groups excluding carboxylic acids is 1. The molecule has 0 saturated carbocycles. The van der Waals surface area contributed by atoms with E-state index in [2.05, 4.69) is 10.2 Å². The number of hydrogen-bond acceptors (Lipinski definition) is 3. The first-order valence-electron chi connectivity index (χ1n) is 6.00. The van der Waals surface area contributed by atoms with Crippen LogP contribution in [-0.4, -0.2) is 37.0 Å². The van der Waals surface area contributed by atoms with Gasteiger partial charge < -0.3 is 11.1 Å². The third kappa shape index (κ3) is 2.65. The van der Waals surface area contributed by atoms with Crippen LogP contribution in [0.15, 0.2) is 24.3 Å². The maximum absolute atomic E-state index is 11.7. The molecule has 1 aromatic carbocycles. The van der Waals surface area contributed by atoms with Crippen molar-refractivity contribution in [2.24, 2.45) is 5.73 Å². The number of rotatable bonds is 3. The summed E-state index contributed by atoms with van der Waals surface area (Å²) >= 11 is 0. The molecule has 1 aliphatic rings. The molecule has 92 valence electrons. The van der Waals surface area contributed by atoms with Gasteiger partial charge in [-0.2, -0.15) is 0 Å². The van der Waals surface area contributed by atoms with E-state index in [1.807, 2.05) is 31.2 Å². The maximum Gasteiger partial charge on any atom is 0.239 e. The van der Waals surface area contributed by atoms with Crippen molar-refractivity contribution in [2.75, 3.05) is 26.2 Å². The molecule has 4 nitrogen and oxygen atoms in total. The normalized spacial score (nSPS) is 18.9. The Bertz CT molecular complexity index is 399. The van der Waals surface area contributed by atoms with Crippen molar-refractivity contribution < 1.29 is 4.79 Å². The summed E-state index contributed by atoms with van der Waals surface area (Å²) in [6.45, 7) is 5.57. The third-order valence-electron chi connectivity index (χ3n) is 3.27. The molecule has 1 atom stereocenters. The molecule has 0 aliphatic carbocycles. The number of carbonyl (C=O) groups is 1. The van der Waals surface area contributed by atoms with E-state index in [1.165, 1.54) is 0 Å². The molecule has 1 unspecified atom stereocenters. The lowest BCUT2D eigenvalue weighted by molar-refractivity contribution is -0.123. The Labute approximate surface area is 102 Å². The zero-order valence-electron chi connectivity index (χ0n) is 10.1. The second kappa shape index (κ2) is 5.29. The monoisotopic (exact) mass is 233 g/mol. The smallest absolute Gasteiger partial charge is 0.239 e. The van der Waals surface area contributed by atoms with E-state index >= 15 is 0 Å². The lowest BCUT2D eigenvalue weighted by Gasteiger charge is -2.33. The summed E-state index contributed by atoms with van der Waals surface area (Å²) in [4.78, 5) is 13.9. The molecule has 1 heterocycles. The van der Waals surface area contributed by atoms with Gasteiger partial charge in [0.15, 0.2) is 0 Å². The highest BCUT2D eigenvalue weighted by molar-refractivity contribution is 5.81. The van der Waals surface area contributed by atoms with Crippen molar-refractivity contribution >= 4 is 5.91 Å². The van der Waals surface area contributed by atoms with Crippen LogP contribution in [0.5, 0.6) is 0 Å². The fourth-order valence-corrected chi connectivity index (χ4v) is 2.36. The van der Waals surface area contributed by atoms with Crippen LogP contribution in [0.2, 0.25) is 0 Å². The summed E-state index contributed by atoms with van der Waals surface area (Å²) < 4.78 is 0. The topological polar surface area (TPSA) is 58.4 Å². The minimum atomic E-state index is -0.293. The van der Waals surface area contributed by atoms with Gasteiger partial charge in [-0.25, -0.2) is 0 Å². The minimum absolute atomic E-state index is 0.263. The van der Waals surface area contributed by atoms with E-state index < -0.39 is 0 Å². The van der Waals surface area contributed by atoms with E-state index in [9.17, 15) is 4.79 Å². The first-order valence-corrected chi connectivity index (χ1v) is 6.00. The van der Waals surface area contributed by atoms with Crippen molar-refractivity contribution in [1.82, 2.24) is 10.2 Å². The number of hydrogen-bond donors (Lipinski definition) is 2. The van der Waals surface area contributed by atoms with Crippen LogP contribution >= 0.6 is 0 Å². The van der Waals surface area contributed by atoms with Crippen molar-refractivity contribution in [3.8, 4) is 0 Å². The molecule has 0 radical (unpaired) electrons. The zero-order chi connectivity index (χ0) is 12.3. The van der Waals surface area contributed by atoms with Crippen molar-refractivity contribution in [1.29, 1.82) is 0 Å². The Morgan fingerprint density at radius 3 is 2.59 bits per heavy atom. The first kappa shape index (κ1) is 12.1. The molecular weight excluding hydrogens is 214 g/mol. The molecule has 17 heavy (non-hydrogen) atoms. The fraction of sp³-hybridized carbons (Fsp3) is 0.462. The molecule has 0 bridgehead atoms. The lowest BCUT2D eigenvalue weighted by Crippen LogP contribution is -2.48. The quantitative estimate of drug-likeness (QED) is 0.796. The zero-order valence-corrected chi connectivity index (χ0v) is 10.1. The molecule has 0 spiro atoms. The van der Waals surface area contributed by atoms with Gasteiger partial charge in [0.25, 0.3) is 0 Å². The van der Waals surface area contributed by atoms with Crippen LogP contribution in [0.25, 0.3) is 0 Å². The van der Waals surface area contributed by atoms with Crippen LogP contribution in [0.4, 0.5) is 0 Å². The van der Waals surface area contributed by atoms with Crippen molar-refractivity contribution in [3.63, 3.8) is 0 Å². The second-order valence-electron chi connectivity index (χ2n) is 4.45. The summed E-state index contributed by atoms with van der Waals surface area (Å²) in [5, 5.41) is 3.28. The van der Waals surface area contributed by atoms with Gasteiger partial charge >= 0.3 is 0 Å². The average molecular weight is 233 g/mol. The van der Waals surface area contributed by atoms with Gasteiger partial charge in [0, 0.05) is 26.2 Å². The number of aryl methyl sites for hydroxylation is 1. The van der Waals surface area contributed by atoms with Gasteiger partial charge in [0.1, 0.15) is 6.04 Å². The number of nitrogens with one attached hydrogen (secondary N) is 1. The molecule has 4 heteroatoms. The van der Waals surface area contributed by atoms with Crippen LogP contribution in [0, 0.1) is 6.92 Å². The van der Waals surface area contributed by atoms with E-state index in [1.54, 1.807) is 0 Å². The van der Waals surface area contributed by atoms with E-state index in [0.717, 1.165) is 37.3 Å². The number of benzene rings is 1. The number of piperazine rings is 1. The highest BCUT2D eigenvalue weighted by Crippen LogP contribution is 2.23. The molecule has 0 aromatic heterocycles. The van der Waals surface area contributed by atoms with E-state index in [-0.39, 0.29) is 11.9 Å². The molecule has 1 aromatic rings. The van der Waals surface area contributed by atoms with Crippen LogP contribution < -0.4 is 11.1 Å². The standard InChI is InChI=1S/C13H19N3O/c1-10-4-2-3-5-11(10)12(13(14)17)16-8-6-15-7-9-16/h2-5,12,15H,6-9H2,1H3,(H2,14,17). The van der Waals surface area contributed by atoms with Gasteiger partial charge in [0.2, 0.25) is 5.91 Å². The van der Waals surface area contributed by atoms with Gasteiger partial charge in [-0.15, -0.1) is 0 Å². The fourth-order valence-electron chi connectivity index (χ4n) is 2.36. The van der Waals surface area contributed by atoms with Crippen molar-refractivity contribution in [3.05, 3.63) is 35.4 Å². The summed E-state index contributed by atoms with van der Waals surface area (Å²) in [5.74, 6) is -0.263. The highest BCUT2D eigenvalue weighted by Gasteiger charge is 2.27. The van der Waals surface area contributed by atoms with Gasteiger partial charge in [0.05, 0.1) is 0 Å². The molecule has 2 rings (SSSR count). The van der Waals surface area contributed by atoms with E-state index in [0.29, 0.717) is 0 Å². The number of nitrogens with zero attached hydrogens (tertiary/aromatic N) is 1. The van der Waals surface area contributed by atoms with E-state index in [4.69, 9.17) is 5.73 Å². The predicted molar refractivity (Wildman–Crippen MR) is 67.6 cm³/mol. The summed E-state index contributed by atoms with van der Waals surface area (Å²) in [6, 6.07) is 7.66. The molecule has 1 amide bonds. The van der Waals surface area contributed by atoms with Crippen molar-refractivity contribution in [2.45, 2.75) is 13.0 Å². The highest BCUT2D eigenvalue weighted by atomic mass is 16.1. The summed E-state index contributed by atoms with van der Waals surface area (Å²) in [6.07, 6.45) is 0. The minimum Gasteiger partial charge on any atom is -0.368 e. The Kier molecular flexibility index (Phi) is 3.76. The largest absolute Gasteiger partial charge is 0.368 e. The Balaban J connectivity index is 2.28. The number of nitrogens with two attached hydrogens (primary N) is 1. The lowest BCUT2D eigenvalue weighted by atomic mass is 9.99. The molecule has 3 N–H and O–H groups in total. The second-order valence-corrected chi connectivity index (χ2v) is 4.45. The number of amides is 1. The summed E-state index contributed by atoms with van der Waals surface area (Å²) in [5.41, 5.74) is 7.72. The van der Waals surface area contributed by atoms with Gasteiger partial charge in [-0.3, -0.25) is 9.69 Å². The Hall–Kier alpha value is -1.39. The van der Waals surface area contributed by atoms with Crippen LogP contribution in [0.3, 0.4) is 0 Å². The molecule has 1 saturated heterocycles. The first-order chi connectivity index (χ1) is 8.20. The van der Waals surface area contributed by atoms with Gasteiger partial charge in [-0.05, 0) is 18.1 Å². The predicted octanol–water partition coefficient (Wildman–Crippen LogP) is 0.427. The third-order valence-corrected chi connectivity index (χ3v) is 3.27. The maximum atomic E-state index is 11.7. The van der Waals surface area contributed by atoms with Crippen LogP contribution in [0.1, 0.15) is 17.2 Å². The molecule has 1 aliphatic heterocycles. The molecular formula is C13H19N3O. The Morgan fingerprint density at radius 2 is 2.00 bits per heavy atom. The Morgan fingerprint density at radius 1 is 1.35 bits per heavy atom. The average Bonchev–Trinajstić information content (AvgIpc) is 2.33. The van der Waals surface area contributed by atoms with Crippen LogP contribution in [-0.2, 0) is 4.79 Å².